The number of hydrogen-bond acceptors (Lipinski definition) is 2. The van der Waals surface area contributed by atoms with Gasteiger partial charge in [0.15, 0.2) is 0 Å². The lowest BCUT2D eigenvalue weighted by atomic mass is 9.94. The first-order valence-corrected chi connectivity index (χ1v) is 6.70. The smallest absolute Gasteiger partial charge is 0.0165 e. The van der Waals surface area contributed by atoms with Gasteiger partial charge in [0.2, 0.25) is 0 Å². The summed E-state index contributed by atoms with van der Waals surface area (Å²) in [6.07, 6.45) is 6.15. The number of nitrogens with zero attached hydrogens (tertiary/aromatic N) is 1. The molecule has 1 unspecified atom stereocenters. The highest BCUT2D eigenvalue weighted by molar-refractivity contribution is 5.03. The van der Waals surface area contributed by atoms with E-state index in [4.69, 9.17) is 5.73 Å². The maximum atomic E-state index is 5.83. The van der Waals surface area contributed by atoms with Crippen LogP contribution in [0.5, 0.6) is 0 Å². The summed E-state index contributed by atoms with van der Waals surface area (Å²) in [5, 5.41) is 0. The Morgan fingerprint density at radius 3 is 2.69 bits per heavy atom. The van der Waals surface area contributed by atoms with Crippen molar-refractivity contribution in [3.63, 3.8) is 0 Å². The second-order valence-corrected chi connectivity index (χ2v) is 5.62. The van der Waals surface area contributed by atoms with Crippen LogP contribution in [0.4, 0.5) is 0 Å². The first kappa shape index (κ1) is 13.7. The van der Waals surface area contributed by atoms with E-state index in [0.717, 1.165) is 19.0 Å². The van der Waals surface area contributed by atoms with Crippen molar-refractivity contribution in [2.24, 2.45) is 17.6 Å². The minimum absolute atomic E-state index is 0.715. The second-order valence-electron chi connectivity index (χ2n) is 5.62. The van der Waals surface area contributed by atoms with Gasteiger partial charge in [-0.3, -0.25) is 4.90 Å². The van der Waals surface area contributed by atoms with Crippen LogP contribution in [-0.2, 0) is 0 Å². The summed E-state index contributed by atoms with van der Waals surface area (Å²) in [5.41, 5.74) is 7.38. The molecule has 1 atom stereocenters. The van der Waals surface area contributed by atoms with Gasteiger partial charge in [-0.25, -0.2) is 0 Å². The van der Waals surface area contributed by atoms with E-state index in [1.165, 1.54) is 32.4 Å². The van der Waals surface area contributed by atoms with Gasteiger partial charge in [0.05, 0.1) is 0 Å². The molecule has 0 spiro atoms. The fourth-order valence-electron chi connectivity index (χ4n) is 2.38. The van der Waals surface area contributed by atoms with Crippen molar-refractivity contribution in [3.8, 4) is 0 Å². The van der Waals surface area contributed by atoms with Crippen molar-refractivity contribution in [2.75, 3.05) is 26.2 Å². The molecule has 1 rings (SSSR count). The molecule has 0 aromatic heterocycles. The third-order valence-electron chi connectivity index (χ3n) is 3.51. The predicted octanol–water partition coefficient (Wildman–Crippen LogP) is 2.65. The summed E-state index contributed by atoms with van der Waals surface area (Å²) in [5.74, 6) is 1.49. The molecule has 2 N–H and O–H groups in total. The van der Waals surface area contributed by atoms with E-state index in [2.05, 4.69) is 31.7 Å². The average Bonchev–Trinajstić information content (AvgIpc) is 2.26. The molecule has 0 fully saturated rings. The van der Waals surface area contributed by atoms with Crippen LogP contribution in [0, 0.1) is 11.8 Å². The van der Waals surface area contributed by atoms with Crippen LogP contribution in [-0.4, -0.2) is 31.1 Å². The van der Waals surface area contributed by atoms with E-state index in [1.807, 2.05) is 0 Å². The molecule has 1 aliphatic heterocycles. The first-order valence-electron chi connectivity index (χ1n) is 6.70. The van der Waals surface area contributed by atoms with E-state index in [-0.39, 0.29) is 0 Å². The lowest BCUT2D eigenvalue weighted by Gasteiger charge is -2.27. The summed E-state index contributed by atoms with van der Waals surface area (Å²) >= 11 is 0. The van der Waals surface area contributed by atoms with Crippen LogP contribution in [0.15, 0.2) is 11.6 Å². The monoisotopic (exact) mass is 224 g/mol. The van der Waals surface area contributed by atoms with Crippen LogP contribution in [0.25, 0.3) is 0 Å². The predicted molar refractivity (Wildman–Crippen MR) is 71.4 cm³/mol. The molecule has 0 aromatic rings. The van der Waals surface area contributed by atoms with Crippen LogP contribution in [0.3, 0.4) is 0 Å². The zero-order valence-electron chi connectivity index (χ0n) is 11.2. The van der Waals surface area contributed by atoms with Crippen molar-refractivity contribution in [1.29, 1.82) is 0 Å². The first-order chi connectivity index (χ1) is 7.61. The minimum Gasteiger partial charge on any atom is -0.330 e. The SMILES string of the molecule is CC1=CCN(CCC(CN)CC(C)C)CC1. The van der Waals surface area contributed by atoms with Gasteiger partial charge >= 0.3 is 0 Å². The molecular weight excluding hydrogens is 196 g/mol. The molecule has 0 bridgehead atoms. The van der Waals surface area contributed by atoms with Gasteiger partial charge in [-0.2, -0.15) is 0 Å². The largest absolute Gasteiger partial charge is 0.330 e. The van der Waals surface area contributed by atoms with E-state index >= 15 is 0 Å². The maximum absolute atomic E-state index is 5.83. The quantitative estimate of drug-likeness (QED) is 0.703. The van der Waals surface area contributed by atoms with Crippen LogP contribution in [0.2, 0.25) is 0 Å². The van der Waals surface area contributed by atoms with Gasteiger partial charge in [-0.1, -0.05) is 25.5 Å². The summed E-state index contributed by atoms with van der Waals surface area (Å²) in [7, 11) is 0. The molecule has 0 aliphatic carbocycles. The van der Waals surface area contributed by atoms with Crippen LogP contribution >= 0.6 is 0 Å². The number of hydrogen-bond donors (Lipinski definition) is 1. The molecular formula is C14H28N2. The van der Waals surface area contributed by atoms with Crippen LogP contribution in [0.1, 0.15) is 40.0 Å². The Kier molecular flexibility index (Phi) is 6.07. The Balaban J connectivity index is 2.22. The van der Waals surface area contributed by atoms with Gasteiger partial charge in [-0.05, 0) is 51.1 Å². The van der Waals surface area contributed by atoms with Gasteiger partial charge in [0.1, 0.15) is 0 Å². The Labute approximate surface area is 101 Å². The third kappa shape index (κ3) is 5.13. The van der Waals surface area contributed by atoms with Gasteiger partial charge < -0.3 is 5.73 Å². The molecule has 0 amide bonds. The van der Waals surface area contributed by atoms with Gasteiger partial charge in [-0.15, -0.1) is 0 Å². The molecule has 0 saturated carbocycles. The summed E-state index contributed by atoms with van der Waals surface area (Å²) in [6.45, 7) is 11.3. The lowest BCUT2D eigenvalue weighted by Crippen LogP contribution is -2.31. The zero-order valence-corrected chi connectivity index (χ0v) is 11.2. The average molecular weight is 224 g/mol. The molecule has 94 valence electrons. The number of nitrogens with two attached hydrogens (primary N) is 1. The fourth-order valence-corrected chi connectivity index (χ4v) is 2.38. The molecule has 2 nitrogen and oxygen atoms in total. The minimum atomic E-state index is 0.715. The van der Waals surface area contributed by atoms with Crippen molar-refractivity contribution >= 4 is 0 Å². The highest BCUT2D eigenvalue weighted by Crippen LogP contribution is 2.16. The van der Waals surface area contributed by atoms with Crippen molar-refractivity contribution < 1.29 is 0 Å². The molecule has 16 heavy (non-hydrogen) atoms. The molecule has 1 heterocycles. The summed E-state index contributed by atoms with van der Waals surface area (Å²) in [6, 6.07) is 0. The Bertz CT molecular complexity index is 221. The van der Waals surface area contributed by atoms with Gasteiger partial charge in [0.25, 0.3) is 0 Å². The van der Waals surface area contributed by atoms with E-state index in [0.29, 0.717) is 5.92 Å². The maximum Gasteiger partial charge on any atom is 0.0165 e. The summed E-state index contributed by atoms with van der Waals surface area (Å²) < 4.78 is 0. The topological polar surface area (TPSA) is 29.3 Å². The number of rotatable bonds is 6. The van der Waals surface area contributed by atoms with E-state index in [9.17, 15) is 0 Å². The second kappa shape index (κ2) is 7.08. The lowest BCUT2D eigenvalue weighted by molar-refractivity contribution is 0.257. The molecule has 0 aromatic carbocycles. The normalized spacial score (nSPS) is 19.9. The van der Waals surface area contributed by atoms with Crippen LogP contribution < -0.4 is 5.73 Å². The fraction of sp³-hybridized carbons (Fsp3) is 0.857. The molecule has 0 saturated heterocycles. The van der Waals surface area contributed by atoms with Gasteiger partial charge in [0, 0.05) is 13.1 Å². The summed E-state index contributed by atoms with van der Waals surface area (Å²) in [4.78, 5) is 2.55. The Morgan fingerprint density at radius 2 is 2.19 bits per heavy atom. The van der Waals surface area contributed by atoms with Crippen molar-refractivity contribution in [2.45, 2.75) is 40.0 Å². The highest BCUT2D eigenvalue weighted by Gasteiger charge is 2.13. The standard InChI is InChI=1S/C14H28N2/c1-12(2)10-14(11-15)6-9-16-7-4-13(3)5-8-16/h4,12,14H,5-11,15H2,1-3H3. The molecule has 2 heteroatoms. The Morgan fingerprint density at radius 1 is 1.44 bits per heavy atom. The van der Waals surface area contributed by atoms with E-state index < -0.39 is 0 Å². The highest BCUT2D eigenvalue weighted by atomic mass is 15.1. The third-order valence-corrected chi connectivity index (χ3v) is 3.51. The molecule has 1 aliphatic rings. The zero-order chi connectivity index (χ0) is 12.0. The van der Waals surface area contributed by atoms with E-state index in [1.54, 1.807) is 5.57 Å². The van der Waals surface area contributed by atoms with Crippen molar-refractivity contribution in [1.82, 2.24) is 4.90 Å². The van der Waals surface area contributed by atoms with Crippen molar-refractivity contribution in [3.05, 3.63) is 11.6 Å². The Hall–Kier alpha value is -0.340. The molecule has 0 radical (unpaired) electrons.